The summed E-state index contributed by atoms with van der Waals surface area (Å²) in [4.78, 5) is 40.1. The van der Waals surface area contributed by atoms with Crippen LogP contribution in [0.5, 0.6) is 0 Å². The summed E-state index contributed by atoms with van der Waals surface area (Å²) in [5, 5.41) is 6.54. The molecule has 2 aromatic rings. The average Bonchev–Trinajstić information content (AvgIpc) is 3.19. The van der Waals surface area contributed by atoms with Crippen LogP contribution in [0.25, 0.3) is 0 Å². The van der Waals surface area contributed by atoms with Gasteiger partial charge in [0.15, 0.2) is 0 Å². The van der Waals surface area contributed by atoms with Crippen LogP contribution in [0.3, 0.4) is 0 Å². The van der Waals surface area contributed by atoms with E-state index in [9.17, 15) is 9.59 Å². The van der Waals surface area contributed by atoms with Gasteiger partial charge in [-0.05, 0) is 34.4 Å². The number of carbonyl (C=O) groups excluding carboxylic acids is 1. The minimum Gasteiger partial charge on any atom is -0.355 e. The van der Waals surface area contributed by atoms with Gasteiger partial charge in [-0.3, -0.25) is 9.59 Å². The molecule has 1 fully saturated rings. The number of carbonyl (C=O) groups is 1. The lowest BCUT2D eigenvalue weighted by Gasteiger charge is -2.28. The molecular weight excluding hydrogens is 370 g/mol. The number of amides is 1. The Hall–Kier alpha value is -2.81. The number of fused-ring (bicyclic) bond motifs is 1. The Bertz CT molecular complexity index is 1000. The molecule has 2 aromatic heterocycles. The second-order valence-corrected chi connectivity index (χ2v) is 8.11. The molecule has 4 heterocycles. The maximum absolute atomic E-state index is 13.2. The van der Waals surface area contributed by atoms with Gasteiger partial charge in [-0.15, -0.1) is 0 Å². The second kappa shape index (κ2) is 7.55. The second-order valence-electron chi connectivity index (χ2n) is 8.11. The molecule has 9 heteroatoms. The maximum Gasteiger partial charge on any atom is 0.292 e. The average molecular weight is 397 g/mol. The molecule has 9 nitrogen and oxygen atoms in total. The summed E-state index contributed by atoms with van der Waals surface area (Å²) in [6.07, 6.45) is 1.68. The van der Waals surface area contributed by atoms with E-state index in [0.29, 0.717) is 25.6 Å². The van der Waals surface area contributed by atoms with Crippen molar-refractivity contribution in [3.05, 3.63) is 44.8 Å². The van der Waals surface area contributed by atoms with Crippen LogP contribution < -0.4 is 10.5 Å². The van der Waals surface area contributed by atoms with Crippen molar-refractivity contribution >= 4 is 11.7 Å². The SMILES string of the molecule is Cc1nc(C(=O)N2CCc3n[nH]c(=O)cc3C2)nc(N2CC[C@@H](N(C)C)C2)c1C. The number of hydrogen-bond acceptors (Lipinski definition) is 7. The molecule has 29 heavy (non-hydrogen) atoms. The number of nitrogens with zero attached hydrogens (tertiary/aromatic N) is 6. The van der Waals surface area contributed by atoms with Crippen LogP contribution in [0.15, 0.2) is 10.9 Å². The summed E-state index contributed by atoms with van der Waals surface area (Å²) >= 11 is 0. The quantitative estimate of drug-likeness (QED) is 0.806. The Balaban J connectivity index is 1.60. The van der Waals surface area contributed by atoms with Crippen LogP contribution in [0.1, 0.15) is 39.6 Å². The number of likely N-dealkylation sites (N-methyl/N-ethyl adjacent to an activating group) is 1. The van der Waals surface area contributed by atoms with Gasteiger partial charge < -0.3 is 14.7 Å². The number of H-pyrrole nitrogens is 1. The first-order chi connectivity index (χ1) is 13.8. The van der Waals surface area contributed by atoms with Gasteiger partial charge in [-0.25, -0.2) is 15.1 Å². The Morgan fingerprint density at radius 1 is 1.24 bits per heavy atom. The summed E-state index contributed by atoms with van der Waals surface area (Å²) in [5.74, 6) is 0.863. The highest BCUT2D eigenvalue weighted by molar-refractivity contribution is 5.91. The number of anilines is 1. The van der Waals surface area contributed by atoms with Crippen molar-refractivity contribution in [1.82, 2.24) is 30.0 Å². The summed E-state index contributed by atoms with van der Waals surface area (Å²) in [7, 11) is 4.19. The molecule has 2 aliphatic heterocycles. The van der Waals surface area contributed by atoms with Crippen molar-refractivity contribution in [3.63, 3.8) is 0 Å². The van der Waals surface area contributed by atoms with Crippen LogP contribution in [-0.4, -0.2) is 75.6 Å². The van der Waals surface area contributed by atoms with Gasteiger partial charge in [-0.1, -0.05) is 0 Å². The lowest BCUT2D eigenvalue weighted by atomic mass is 10.1. The third kappa shape index (κ3) is 3.74. The van der Waals surface area contributed by atoms with E-state index in [1.54, 1.807) is 4.90 Å². The first-order valence-corrected chi connectivity index (χ1v) is 9.97. The van der Waals surface area contributed by atoms with Gasteiger partial charge in [0.2, 0.25) is 5.82 Å². The highest BCUT2D eigenvalue weighted by Crippen LogP contribution is 2.26. The highest BCUT2D eigenvalue weighted by atomic mass is 16.2. The molecule has 1 saturated heterocycles. The third-order valence-corrected chi connectivity index (χ3v) is 5.99. The number of hydrogen-bond donors (Lipinski definition) is 1. The minimum absolute atomic E-state index is 0.205. The Kier molecular flexibility index (Phi) is 5.08. The van der Waals surface area contributed by atoms with Crippen molar-refractivity contribution in [2.24, 2.45) is 0 Å². The van der Waals surface area contributed by atoms with Crippen LogP contribution in [-0.2, 0) is 13.0 Å². The Labute approximate surface area is 169 Å². The summed E-state index contributed by atoms with van der Waals surface area (Å²) in [6.45, 7) is 6.62. The molecule has 2 aliphatic rings. The van der Waals surface area contributed by atoms with Gasteiger partial charge in [0.1, 0.15) is 5.82 Å². The topological polar surface area (TPSA) is 98.3 Å². The Morgan fingerprint density at radius 3 is 2.76 bits per heavy atom. The zero-order valence-corrected chi connectivity index (χ0v) is 17.4. The van der Waals surface area contributed by atoms with Crippen LogP contribution >= 0.6 is 0 Å². The van der Waals surface area contributed by atoms with E-state index >= 15 is 0 Å². The fourth-order valence-electron chi connectivity index (χ4n) is 4.03. The highest BCUT2D eigenvalue weighted by Gasteiger charge is 2.29. The largest absolute Gasteiger partial charge is 0.355 e. The molecule has 1 N–H and O–H groups in total. The molecule has 1 amide bonds. The molecule has 154 valence electrons. The predicted molar refractivity (Wildman–Crippen MR) is 109 cm³/mol. The zero-order valence-electron chi connectivity index (χ0n) is 17.4. The van der Waals surface area contributed by atoms with E-state index in [0.717, 1.165) is 47.8 Å². The van der Waals surface area contributed by atoms with Crippen LogP contribution in [0.2, 0.25) is 0 Å². The molecular formula is C20H27N7O2. The van der Waals surface area contributed by atoms with E-state index in [4.69, 9.17) is 0 Å². The van der Waals surface area contributed by atoms with E-state index in [1.807, 2.05) is 13.8 Å². The Morgan fingerprint density at radius 2 is 2.03 bits per heavy atom. The van der Waals surface area contributed by atoms with Gasteiger partial charge in [0.25, 0.3) is 11.5 Å². The normalized spacial score (nSPS) is 19.0. The smallest absolute Gasteiger partial charge is 0.292 e. The van der Waals surface area contributed by atoms with E-state index in [1.165, 1.54) is 6.07 Å². The molecule has 0 saturated carbocycles. The minimum atomic E-state index is -0.257. The van der Waals surface area contributed by atoms with Crippen molar-refractivity contribution in [1.29, 1.82) is 0 Å². The molecule has 4 rings (SSSR count). The fourth-order valence-corrected chi connectivity index (χ4v) is 4.03. The summed E-state index contributed by atoms with van der Waals surface area (Å²) < 4.78 is 0. The number of aryl methyl sites for hydroxylation is 1. The lowest BCUT2D eigenvalue weighted by Crippen LogP contribution is -2.38. The fraction of sp³-hybridized carbons (Fsp3) is 0.550. The molecule has 0 radical (unpaired) electrons. The van der Waals surface area contributed by atoms with Crippen molar-refractivity contribution in [2.75, 3.05) is 38.6 Å². The molecule has 0 unspecified atom stereocenters. The molecule has 1 atom stereocenters. The molecule has 0 aliphatic carbocycles. The standard InChI is InChI=1S/C20H27N7O2/c1-12-13(2)21-18(22-19(12)26-7-5-15(11-26)25(3)4)20(29)27-8-6-16-14(10-27)9-17(28)24-23-16/h9,15H,5-8,10-11H2,1-4H3,(H,24,28)/t15-/m1/s1. The van der Waals surface area contributed by atoms with Crippen molar-refractivity contribution in [2.45, 2.75) is 39.3 Å². The van der Waals surface area contributed by atoms with E-state index in [2.05, 4.69) is 44.1 Å². The van der Waals surface area contributed by atoms with Crippen LogP contribution in [0, 0.1) is 13.8 Å². The molecule has 0 aromatic carbocycles. The van der Waals surface area contributed by atoms with Gasteiger partial charge in [-0.2, -0.15) is 5.10 Å². The number of nitrogens with one attached hydrogen (secondary N) is 1. The summed E-state index contributed by atoms with van der Waals surface area (Å²) in [6, 6.07) is 1.99. The van der Waals surface area contributed by atoms with E-state index < -0.39 is 0 Å². The van der Waals surface area contributed by atoms with Crippen LogP contribution in [0.4, 0.5) is 5.82 Å². The monoisotopic (exact) mass is 397 g/mol. The molecule has 0 spiro atoms. The van der Waals surface area contributed by atoms with Gasteiger partial charge in [0, 0.05) is 61.5 Å². The number of aromatic nitrogens is 4. The predicted octanol–water partition coefficient (Wildman–Crippen LogP) is 0.516. The first kappa shape index (κ1) is 19.5. The number of aromatic amines is 1. The molecule has 0 bridgehead atoms. The van der Waals surface area contributed by atoms with Crippen molar-refractivity contribution in [3.8, 4) is 0 Å². The number of rotatable bonds is 3. The maximum atomic E-state index is 13.2. The van der Waals surface area contributed by atoms with Gasteiger partial charge >= 0.3 is 0 Å². The third-order valence-electron chi connectivity index (χ3n) is 5.99. The summed E-state index contributed by atoms with van der Waals surface area (Å²) in [5.41, 5.74) is 3.20. The zero-order chi connectivity index (χ0) is 20.7. The first-order valence-electron chi connectivity index (χ1n) is 9.97. The van der Waals surface area contributed by atoms with Gasteiger partial charge in [0.05, 0.1) is 5.69 Å². The van der Waals surface area contributed by atoms with Crippen molar-refractivity contribution < 1.29 is 4.79 Å². The van der Waals surface area contributed by atoms with E-state index in [-0.39, 0.29) is 17.3 Å². The lowest BCUT2D eigenvalue weighted by molar-refractivity contribution is 0.0720.